The van der Waals surface area contributed by atoms with Crippen LogP contribution in [0, 0.1) is 0 Å². The lowest BCUT2D eigenvalue weighted by atomic mass is 10.0. The van der Waals surface area contributed by atoms with Crippen LogP contribution in [0.15, 0.2) is 24.3 Å². The molecule has 2 aromatic heterocycles. The zero-order valence-corrected chi connectivity index (χ0v) is 21.4. The summed E-state index contributed by atoms with van der Waals surface area (Å²) in [6.45, 7) is 1.81. The second kappa shape index (κ2) is 10.6. The molecule has 3 heterocycles. The third-order valence-corrected chi connectivity index (χ3v) is 7.91. The molecule has 0 bridgehead atoms. The second-order valence-electron chi connectivity index (χ2n) is 9.09. The Bertz CT molecular complexity index is 1190. The minimum atomic E-state index is -0.166. The number of rotatable bonds is 4. The van der Waals surface area contributed by atoms with Crippen molar-refractivity contribution >= 4 is 58.1 Å². The molecule has 5 rings (SSSR count). The highest BCUT2D eigenvalue weighted by Gasteiger charge is 2.29. The molecular formula is C24H29Cl2N5O2S. The SMILES string of the molecule is CN1CCc2nc(C(=O)N[C@@H]3CCCCC[C@H]3NC(=O)c3cc4cc(Cl)ccc4[nH]3)sc2C1.Cl. The van der Waals surface area contributed by atoms with Gasteiger partial charge in [0.1, 0.15) is 5.69 Å². The lowest BCUT2D eigenvalue weighted by Crippen LogP contribution is -2.51. The number of fused-ring (bicyclic) bond motifs is 2. The largest absolute Gasteiger partial charge is 0.351 e. The van der Waals surface area contributed by atoms with Crippen LogP contribution in [0.25, 0.3) is 10.9 Å². The topological polar surface area (TPSA) is 90.1 Å². The summed E-state index contributed by atoms with van der Waals surface area (Å²) in [7, 11) is 2.09. The van der Waals surface area contributed by atoms with Crippen LogP contribution in [0.4, 0.5) is 0 Å². The zero-order valence-electron chi connectivity index (χ0n) is 19.0. The molecule has 3 N–H and O–H groups in total. The van der Waals surface area contributed by atoms with E-state index in [1.165, 1.54) is 16.2 Å². The number of halogens is 2. The van der Waals surface area contributed by atoms with E-state index < -0.39 is 0 Å². The number of H-pyrrole nitrogens is 1. The Morgan fingerprint density at radius 3 is 2.62 bits per heavy atom. The molecule has 1 fully saturated rings. The first-order valence-electron chi connectivity index (χ1n) is 11.5. The Hall–Kier alpha value is -2.13. The van der Waals surface area contributed by atoms with Crippen molar-refractivity contribution in [2.45, 2.75) is 57.2 Å². The van der Waals surface area contributed by atoms with Gasteiger partial charge in [-0.25, -0.2) is 4.98 Å². The highest BCUT2D eigenvalue weighted by molar-refractivity contribution is 7.13. The lowest BCUT2D eigenvalue weighted by molar-refractivity contribution is 0.0876. The van der Waals surface area contributed by atoms with E-state index in [1.807, 2.05) is 18.2 Å². The van der Waals surface area contributed by atoms with Crippen molar-refractivity contribution in [2.75, 3.05) is 13.6 Å². The Labute approximate surface area is 214 Å². The number of benzene rings is 1. The predicted molar refractivity (Wildman–Crippen MR) is 138 cm³/mol. The molecular weight excluding hydrogens is 493 g/mol. The van der Waals surface area contributed by atoms with Gasteiger partial charge in [0.25, 0.3) is 11.8 Å². The number of amides is 2. The Kier molecular flexibility index (Phi) is 7.82. The molecule has 1 aromatic carbocycles. The van der Waals surface area contributed by atoms with Crippen molar-refractivity contribution in [1.29, 1.82) is 0 Å². The normalized spacial score (nSPS) is 20.8. The van der Waals surface area contributed by atoms with Gasteiger partial charge in [0.05, 0.1) is 5.69 Å². The van der Waals surface area contributed by atoms with Crippen molar-refractivity contribution < 1.29 is 9.59 Å². The van der Waals surface area contributed by atoms with Gasteiger partial charge in [-0.05, 0) is 44.2 Å². The first-order valence-corrected chi connectivity index (χ1v) is 12.7. The smallest absolute Gasteiger partial charge is 0.280 e. The number of hydrogen-bond acceptors (Lipinski definition) is 5. The van der Waals surface area contributed by atoms with Crippen LogP contribution in [-0.2, 0) is 13.0 Å². The van der Waals surface area contributed by atoms with E-state index in [0.29, 0.717) is 15.7 Å². The molecule has 34 heavy (non-hydrogen) atoms. The van der Waals surface area contributed by atoms with Crippen LogP contribution in [0.2, 0.25) is 5.02 Å². The quantitative estimate of drug-likeness (QED) is 0.439. The van der Waals surface area contributed by atoms with Gasteiger partial charge < -0.3 is 20.5 Å². The average molecular weight is 523 g/mol. The molecule has 0 saturated heterocycles. The number of hydrogen-bond donors (Lipinski definition) is 3. The fourth-order valence-corrected chi connectivity index (χ4v) is 6.05. The minimum Gasteiger partial charge on any atom is -0.351 e. The molecule has 1 aliphatic carbocycles. The van der Waals surface area contributed by atoms with Crippen LogP contribution in [0.5, 0.6) is 0 Å². The van der Waals surface area contributed by atoms with Crippen molar-refractivity contribution in [2.24, 2.45) is 0 Å². The Morgan fingerprint density at radius 2 is 1.85 bits per heavy atom. The highest BCUT2D eigenvalue weighted by atomic mass is 35.5. The summed E-state index contributed by atoms with van der Waals surface area (Å²) >= 11 is 7.57. The molecule has 3 aromatic rings. The number of carbonyl (C=O) groups is 2. The van der Waals surface area contributed by atoms with Gasteiger partial charge in [0.15, 0.2) is 5.01 Å². The molecule has 2 atom stereocenters. The molecule has 7 nitrogen and oxygen atoms in total. The van der Waals surface area contributed by atoms with Gasteiger partial charge in [-0.1, -0.05) is 30.9 Å². The van der Waals surface area contributed by atoms with Crippen LogP contribution in [0.1, 0.15) is 63.0 Å². The zero-order chi connectivity index (χ0) is 22.9. The van der Waals surface area contributed by atoms with Gasteiger partial charge in [-0.15, -0.1) is 23.7 Å². The van der Waals surface area contributed by atoms with E-state index >= 15 is 0 Å². The predicted octanol–water partition coefficient (Wildman–Crippen LogP) is 4.55. The summed E-state index contributed by atoms with van der Waals surface area (Å²) in [4.78, 5) is 37.3. The summed E-state index contributed by atoms with van der Waals surface area (Å²) in [5.41, 5.74) is 2.42. The molecule has 1 aliphatic heterocycles. The lowest BCUT2D eigenvalue weighted by Gasteiger charge is -2.26. The number of aromatic nitrogens is 2. The number of aromatic amines is 1. The Morgan fingerprint density at radius 1 is 1.12 bits per heavy atom. The first-order chi connectivity index (χ1) is 16.0. The van der Waals surface area contributed by atoms with Crippen molar-refractivity contribution in [3.63, 3.8) is 0 Å². The number of nitrogens with zero attached hydrogens (tertiary/aromatic N) is 2. The maximum atomic E-state index is 13.1. The van der Waals surface area contributed by atoms with Crippen LogP contribution in [-0.4, -0.2) is 52.4 Å². The van der Waals surface area contributed by atoms with E-state index in [9.17, 15) is 9.59 Å². The molecule has 0 spiro atoms. The third-order valence-electron chi connectivity index (χ3n) is 6.59. The summed E-state index contributed by atoms with van der Waals surface area (Å²) < 4.78 is 0. The number of nitrogens with one attached hydrogen (secondary N) is 3. The maximum Gasteiger partial charge on any atom is 0.280 e. The molecule has 2 amide bonds. The molecule has 1 saturated carbocycles. The molecule has 10 heteroatoms. The number of carbonyl (C=O) groups excluding carboxylic acids is 2. The number of thiazole rings is 1. The van der Waals surface area contributed by atoms with Crippen molar-refractivity contribution in [3.8, 4) is 0 Å². The van der Waals surface area contributed by atoms with E-state index in [-0.39, 0.29) is 36.3 Å². The highest BCUT2D eigenvalue weighted by Crippen LogP contribution is 2.26. The van der Waals surface area contributed by atoms with Crippen LogP contribution >= 0.6 is 35.3 Å². The molecule has 2 aliphatic rings. The third kappa shape index (κ3) is 5.40. The van der Waals surface area contributed by atoms with E-state index in [4.69, 9.17) is 11.6 Å². The Balaban J connectivity index is 0.00000274. The van der Waals surface area contributed by atoms with Gasteiger partial charge in [0, 0.05) is 52.4 Å². The first kappa shape index (κ1) is 25.0. The van der Waals surface area contributed by atoms with Crippen molar-refractivity contribution in [3.05, 3.63) is 50.6 Å². The van der Waals surface area contributed by atoms with E-state index in [0.717, 1.165) is 68.2 Å². The summed E-state index contributed by atoms with van der Waals surface area (Å²) in [6.07, 6.45) is 5.71. The fraction of sp³-hybridized carbons (Fsp3) is 0.458. The minimum absolute atomic E-state index is 0. The van der Waals surface area contributed by atoms with Gasteiger partial charge >= 0.3 is 0 Å². The average Bonchev–Trinajstić information content (AvgIpc) is 3.34. The van der Waals surface area contributed by atoms with Crippen LogP contribution < -0.4 is 10.6 Å². The van der Waals surface area contributed by atoms with Gasteiger partial charge in [-0.3, -0.25) is 9.59 Å². The van der Waals surface area contributed by atoms with Crippen molar-refractivity contribution in [1.82, 2.24) is 25.5 Å². The summed E-state index contributed by atoms with van der Waals surface area (Å²) in [5.74, 6) is -0.301. The summed E-state index contributed by atoms with van der Waals surface area (Å²) in [5, 5.41) is 8.42. The number of likely N-dealkylation sites (N-methyl/N-ethyl adjacent to an activating group) is 1. The van der Waals surface area contributed by atoms with Gasteiger partial charge in [0.2, 0.25) is 0 Å². The summed E-state index contributed by atoms with van der Waals surface area (Å²) in [6, 6.07) is 7.08. The maximum absolute atomic E-state index is 13.1. The van der Waals surface area contributed by atoms with Crippen LogP contribution in [0.3, 0.4) is 0 Å². The fourth-order valence-electron chi connectivity index (χ4n) is 4.78. The second-order valence-corrected chi connectivity index (χ2v) is 10.6. The molecule has 182 valence electrons. The van der Waals surface area contributed by atoms with E-state index in [2.05, 4.69) is 32.5 Å². The molecule has 0 unspecified atom stereocenters. The monoisotopic (exact) mass is 521 g/mol. The van der Waals surface area contributed by atoms with E-state index in [1.54, 1.807) is 6.07 Å². The molecule has 0 radical (unpaired) electrons. The standard InChI is InChI=1S/C24H28ClN5O2S.ClH/c1-30-10-9-19-21(13-30)33-24(29-19)23(32)28-18-6-4-2-3-5-17(18)27-22(31)20-12-14-11-15(25)7-8-16(14)26-20;/h7-8,11-12,17-18,26H,2-6,9-10,13H2,1H3,(H,27,31)(H,28,32);1H/t17-,18-;/m1./s1. The van der Waals surface area contributed by atoms with Gasteiger partial charge in [-0.2, -0.15) is 0 Å².